The topological polar surface area (TPSA) is 81.5 Å². The van der Waals surface area contributed by atoms with Crippen LogP contribution in [0, 0.1) is 30.9 Å². The molecule has 0 saturated heterocycles. The summed E-state index contributed by atoms with van der Waals surface area (Å²) in [6, 6.07) is 10.3. The number of hydrogen-bond donors (Lipinski definition) is 1. The predicted molar refractivity (Wildman–Crippen MR) is 97.1 cm³/mol. The lowest BCUT2D eigenvalue weighted by Gasteiger charge is -2.18. The summed E-state index contributed by atoms with van der Waals surface area (Å²) in [5, 5.41) is 13.8. The Morgan fingerprint density at radius 1 is 1.20 bits per heavy atom. The molecule has 0 fully saturated rings. The number of hydrogen-bond acceptors (Lipinski definition) is 4. The van der Waals surface area contributed by atoms with Crippen LogP contribution in [-0.4, -0.2) is 16.9 Å². The fourth-order valence-electron chi connectivity index (χ4n) is 2.44. The van der Waals surface area contributed by atoms with E-state index in [1.165, 1.54) is 6.07 Å². The number of carbonyl (C=O) groups is 1. The number of nitrogens with one attached hydrogen (secondary N) is 1. The highest BCUT2D eigenvalue weighted by Crippen LogP contribution is 2.26. The van der Waals surface area contributed by atoms with Crippen LogP contribution in [0.4, 0.5) is 11.4 Å². The Hall–Kier alpha value is -2.89. The van der Waals surface area contributed by atoms with Crippen LogP contribution in [0.15, 0.2) is 36.4 Å². The molecule has 0 radical (unpaired) electrons. The minimum absolute atomic E-state index is 0.0269. The van der Waals surface area contributed by atoms with Gasteiger partial charge in [0, 0.05) is 6.07 Å². The van der Waals surface area contributed by atoms with Crippen molar-refractivity contribution >= 4 is 17.3 Å². The van der Waals surface area contributed by atoms with Gasteiger partial charge < -0.3 is 10.1 Å². The quantitative estimate of drug-likeness (QED) is 0.626. The van der Waals surface area contributed by atoms with Crippen molar-refractivity contribution in [2.45, 2.75) is 40.2 Å². The van der Waals surface area contributed by atoms with Crippen LogP contribution in [0.1, 0.15) is 30.0 Å². The fraction of sp³-hybridized carbons (Fsp3) is 0.316. The summed E-state index contributed by atoms with van der Waals surface area (Å²) in [7, 11) is 0. The number of anilines is 1. The van der Waals surface area contributed by atoms with E-state index in [0.29, 0.717) is 23.4 Å². The van der Waals surface area contributed by atoms with Crippen molar-refractivity contribution in [3.05, 3.63) is 63.2 Å². The molecule has 0 saturated carbocycles. The third-order valence-electron chi connectivity index (χ3n) is 4.18. The van der Waals surface area contributed by atoms with Gasteiger partial charge in [0.15, 0.2) is 6.10 Å². The molecule has 0 aliphatic heterocycles. The SMILES string of the molecule is CCC(Oc1ccc(C)c(C)c1)C(=O)Nc1cccc([N+](=O)[O-])c1C. The van der Waals surface area contributed by atoms with E-state index in [9.17, 15) is 14.9 Å². The number of aryl methyl sites for hydroxylation is 2. The lowest BCUT2D eigenvalue weighted by atomic mass is 10.1. The molecule has 2 aromatic carbocycles. The Morgan fingerprint density at radius 2 is 1.92 bits per heavy atom. The molecule has 1 N–H and O–H groups in total. The normalized spacial score (nSPS) is 11.7. The molecule has 6 heteroatoms. The maximum absolute atomic E-state index is 12.5. The van der Waals surface area contributed by atoms with Crippen molar-refractivity contribution in [3.63, 3.8) is 0 Å². The maximum atomic E-state index is 12.5. The number of ether oxygens (including phenoxy) is 1. The van der Waals surface area contributed by atoms with Gasteiger partial charge in [-0.25, -0.2) is 0 Å². The monoisotopic (exact) mass is 342 g/mol. The summed E-state index contributed by atoms with van der Waals surface area (Å²) < 4.78 is 5.81. The number of amides is 1. The first-order chi connectivity index (χ1) is 11.8. The second-order valence-electron chi connectivity index (χ2n) is 5.96. The zero-order valence-corrected chi connectivity index (χ0v) is 14.8. The molecule has 0 heterocycles. The maximum Gasteiger partial charge on any atom is 0.274 e. The fourth-order valence-corrected chi connectivity index (χ4v) is 2.44. The van der Waals surface area contributed by atoms with E-state index in [1.54, 1.807) is 19.1 Å². The highest BCUT2D eigenvalue weighted by Gasteiger charge is 2.21. The van der Waals surface area contributed by atoms with E-state index in [1.807, 2.05) is 39.0 Å². The van der Waals surface area contributed by atoms with E-state index in [4.69, 9.17) is 4.74 Å². The first kappa shape index (κ1) is 18.4. The van der Waals surface area contributed by atoms with Gasteiger partial charge in [-0.2, -0.15) is 0 Å². The van der Waals surface area contributed by atoms with Gasteiger partial charge >= 0.3 is 0 Å². The highest BCUT2D eigenvalue weighted by molar-refractivity contribution is 5.95. The third kappa shape index (κ3) is 4.35. The van der Waals surface area contributed by atoms with Crippen LogP contribution in [0.25, 0.3) is 0 Å². The summed E-state index contributed by atoms with van der Waals surface area (Å²) >= 11 is 0. The van der Waals surface area contributed by atoms with E-state index < -0.39 is 11.0 Å². The van der Waals surface area contributed by atoms with Crippen molar-refractivity contribution in [1.82, 2.24) is 0 Å². The summed E-state index contributed by atoms with van der Waals surface area (Å²) in [4.78, 5) is 23.1. The van der Waals surface area contributed by atoms with Gasteiger partial charge in [-0.05, 0) is 56.5 Å². The molecule has 25 heavy (non-hydrogen) atoms. The van der Waals surface area contributed by atoms with Crippen molar-refractivity contribution in [3.8, 4) is 5.75 Å². The van der Waals surface area contributed by atoms with Crippen molar-refractivity contribution in [1.29, 1.82) is 0 Å². The largest absolute Gasteiger partial charge is 0.481 e. The van der Waals surface area contributed by atoms with Gasteiger partial charge in [0.1, 0.15) is 5.75 Å². The van der Waals surface area contributed by atoms with Gasteiger partial charge in [-0.1, -0.05) is 19.1 Å². The molecule has 1 unspecified atom stereocenters. The second kappa shape index (κ2) is 7.79. The molecule has 0 bridgehead atoms. The molecular formula is C19H22N2O4. The van der Waals surface area contributed by atoms with Crippen molar-refractivity contribution in [2.24, 2.45) is 0 Å². The second-order valence-corrected chi connectivity index (χ2v) is 5.96. The van der Waals surface area contributed by atoms with Gasteiger partial charge in [0.25, 0.3) is 11.6 Å². The Kier molecular flexibility index (Phi) is 5.75. The lowest BCUT2D eigenvalue weighted by molar-refractivity contribution is -0.385. The van der Waals surface area contributed by atoms with Crippen LogP contribution in [0.3, 0.4) is 0 Å². The molecule has 0 aromatic heterocycles. The number of nitro benzene ring substituents is 1. The standard InChI is InChI=1S/C19H22N2O4/c1-5-18(25-15-10-9-12(2)13(3)11-15)19(22)20-16-7-6-8-17(14(16)4)21(23)24/h6-11,18H,5H2,1-4H3,(H,20,22). The van der Waals surface area contributed by atoms with Crippen LogP contribution in [-0.2, 0) is 4.79 Å². The van der Waals surface area contributed by atoms with E-state index >= 15 is 0 Å². The summed E-state index contributed by atoms with van der Waals surface area (Å²) in [5.74, 6) is 0.296. The minimum atomic E-state index is -0.680. The number of carbonyl (C=O) groups excluding carboxylic acids is 1. The van der Waals surface area contributed by atoms with Gasteiger partial charge in [0.2, 0.25) is 0 Å². The molecule has 0 aliphatic carbocycles. The first-order valence-electron chi connectivity index (χ1n) is 8.12. The summed E-state index contributed by atoms with van der Waals surface area (Å²) in [6.07, 6.45) is -0.201. The molecule has 132 valence electrons. The molecule has 1 amide bonds. The average Bonchev–Trinajstić information content (AvgIpc) is 2.57. The number of benzene rings is 2. The highest BCUT2D eigenvalue weighted by atomic mass is 16.6. The number of nitrogens with zero attached hydrogens (tertiary/aromatic N) is 1. The Bertz CT molecular complexity index is 802. The molecule has 6 nitrogen and oxygen atoms in total. The summed E-state index contributed by atoms with van der Waals surface area (Å²) in [5.41, 5.74) is 3.04. The van der Waals surface area contributed by atoms with Crippen LogP contribution >= 0.6 is 0 Å². The summed E-state index contributed by atoms with van der Waals surface area (Å²) in [6.45, 7) is 7.45. The first-order valence-corrected chi connectivity index (χ1v) is 8.12. The lowest BCUT2D eigenvalue weighted by Crippen LogP contribution is -2.32. The van der Waals surface area contributed by atoms with Crippen LogP contribution < -0.4 is 10.1 Å². The zero-order chi connectivity index (χ0) is 18.6. The molecule has 2 aromatic rings. The third-order valence-corrected chi connectivity index (χ3v) is 4.18. The molecule has 0 spiro atoms. The molecule has 1 atom stereocenters. The number of nitro groups is 1. The minimum Gasteiger partial charge on any atom is -0.481 e. The molecular weight excluding hydrogens is 320 g/mol. The van der Waals surface area contributed by atoms with Crippen molar-refractivity contribution in [2.75, 3.05) is 5.32 Å². The van der Waals surface area contributed by atoms with E-state index in [2.05, 4.69) is 5.32 Å². The number of rotatable bonds is 6. The Labute approximate surface area is 147 Å². The van der Waals surface area contributed by atoms with E-state index in [-0.39, 0.29) is 11.6 Å². The molecule has 2 rings (SSSR count). The van der Waals surface area contributed by atoms with Gasteiger partial charge in [0.05, 0.1) is 16.2 Å². The smallest absolute Gasteiger partial charge is 0.274 e. The van der Waals surface area contributed by atoms with Crippen molar-refractivity contribution < 1.29 is 14.5 Å². The van der Waals surface area contributed by atoms with Gasteiger partial charge in [-0.15, -0.1) is 0 Å². The Balaban J connectivity index is 2.16. The molecule has 0 aliphatic rings. The zero-order valence-electron chi connectivity index (χ0n) is 14.8. The average molecular weight is 342 g/mol. The Morgan fingerprint density at radius 3 is 2.52 bits per heavy atom. The van der Waals surface area contributed by atoms with Crippen LogP contribution in [0.5, 0.6) is 5.75 Å². The van der Waals surface area contributed by atoms with Gasteiger partial charge in [-0.3, -0.25) is 14.9 Å². The van der Waals surface area contributed by atoms with E-state index in [0.717, 1.165) is 11.1 Å². The predicted octanol–water partition coefficient (Wildman–Crippen LogP) is 4.32. The van der Waals surface area contributed by atoms with Crippen LogP contribution in [0.2, 0.25) is 0 Å².